The van der Waals surface area contributed by atoms with Gasteiger partial charge in [-0.2, -0.15) is 0 Å². The van der Waals surface area contributed by atoms with Crippen molar-refractivity contribution in [2.75, 3.05) is 5.32 Å². The van der Waals surface area contributed by atoms with E-state index in [2.05, 4.69) is 154 Å². The van der Waals surface area contributed by atoms with Gasteiger partial charge in [0, 0.05) is 5.69 Å². The number of anilines is 1. The molecule has 0 unspecified atom stereocenters. The van der Waals surface area contributed by atoms with Crippen LogP contribution in [0.5, 0.6) is 0 Å². The highest BCUT2D eigenvalue weighted by atomic mass is 15.0. The van der Waals surface area contributed by atoms with Crippen LogP contribution in [0.25, 0.3) is 11.6 Å². The normalized spacial score (nSPS) is 12.4. The molecule has 0 radical (unpaired) electrons. The minimum atomic E-state index is -0.142. The second-order valence-corrected chi connectivity index (χ2v) is 10.2. The molecule has 1 nitrogen and oxygen atoms in total. The molecule has 0 saturated carbocycles. The predicted molar refractivity (Wildman–Crippen MR) is 148 cm³/mol. The molecule has 0 fully saturated rings. The Bertz CT molecular complexity index is 1200. The third-order valence-corrected chi connectivity index (χ3v) is 6.54. The van der Waals surface area contributed by atoms with Gasteiger partial charge in [0.05, 0.1) is 5.54 Å². The molecule has 0 saturated heterocycles. The Morgan fingerprint density at radius 3 is 1.74 bits per heavy atom. The zero-order chi connectivity index (χ0) is 24.0. The van der Waals surface area contributed by atoms with Crippen LogP contribution in [0.15, 0.2) is 115 Å². The number of hydrogen-bond acceptors (Lipinski definition) is 1. The van der Waals surface area contributed by atoms with Crippen molar-refractivity contribution in [1.82, 2.24) is 0 Å². The molecular weight excluding hydrogens is 410 g/mol. The lowest BCUT2D eigenvalue weighted by Crippen LogP contribution is -2.27. The maximum Gasteiger partial charge on any atom is 0.0569 e. The van der Waals surface area contributed by atoms with Crippen molar-refractivity contribution in [3.63, 3.8) is 0 Å². The molecule has 0 bridgehead atoms. The molecule has 0 spiro atoms. The number of rotatable bonds is 8. The number of nitrogens with one attached hydrogen (secondary N) is 1. The summed E-state index contributed by atoms with van der Waals surface area (Å²) >= 11 is 0. The summed E-state index contributed by atoms with van der Waals surface area (Å²) in [5.41, 5.74) is 7.47. The standard InChI is InChI=1S/C33H35N/c1-32(2,25-28(27-16-10-6-11-17-27)24-26-14-8-5-9-15-26)29-20-22-31(23-21-29)34-33(3,4)30-18-12-7-13-19-30/h5-24,34H,25H2,1-4H3/b28-24-. The van der Waals surface area contributed by atoms with Gasteiger partial charge in [0.15, 0.2) is 0 Å². The largest absolute Gasteiger partial charge is 0.376 e. The number of allylic oxidation sites excluding steroid dienone is 1. The fourth-order valence-corrected chi connectivity index (χ4v) is 4.51. The van der Waals surface area contributed by atoms with Gasteiger partial charge in [0.2, 0.25) is 0 Å². The summed E-state index contributed by atoms with van der Waals surface area (Å²) in [5, 5.41) is 3.70. The van der Waals surface area contributed by atoms with E-state index in [9.17, 15) is 0 Å². The minimum Gasteiger partial charge on any atom is -0.376 e. The smallest absolute Gasteiger partial charge is 0.0569 e. The van der Waals surface area contributed by atoms with E-state index in [1.807, 2.05) is 0 Å². The molecule has 1 N–H and O–H groups in total. The zero-order valence-corrected chi connectivity index (χ0v) is 20.8. The highest BCUT2D eigenvalue weighted by Gasteiger charge is 2.24. The minimum absolute atomic E-state index is 0.00999. The lowest BCUT2D eigenvalue weighted by atomic mass is 9.77. The van der Waals surface area contributed by atoms with Crippen LogP contribution in [0.2, 0.25) is 0 Å². The summed E-state index contributed by atoms with van der Waals surface area (Å²) in [7, 11) is 0. The molecular formula is C33H35N. The second-order valence-electron chi connectivity index (χ2n) is 10.2. The van der Waals surface area contributed by atoms with Crippen LogP contribution in [0.3, 0.4) is 0 Å². The van der Waals surface area contributed by atoms with Crippen molar-refractivity contribution >= 4 is 17.3 Å². The topological polar surface area (TPSA) is 12.0 Å². The van der Waals surface area contributed by atoms with Crippen LogP contribution in [-0.4, -0.2) is 0 Å². The Morgan fingerprint density at radius 2 is 1.15 bits per heavy atom. The van der Waals surface area contributed by atoms with E-state index < -0.39 is 0 Å². The molecule has 172 valence electrons. The van der Waals surface area contributed by atoms with Crippen LogP contribution < -0.4 is 5.32 Å². The number of hydrogen-bond donors (Lipinski definition) is 1. The van der Waals surface area contributed by atoms with Crippen LogP contribution in [0.4, 0.5) is 5.69 Å². The molecule has 0 atom stereocenters. The molecule has 4 aromatic carbocycles. The summed E-state index contributed by atoms with van der Waals surface area (Å²) in [6.45, 7) is 9.12. The van der Waals surface area contributed by atoms with Crippen LogP contribution in [-0.2, 0) is 11.0 Å². The van der Waals surface area contributed by atoms with Crippen molar-refractivity contribution in [3.05, 3.63) is 138 Å². The number of benzene rings is 4. The molecule has 34 heavy (non-hydrogen) atoms. The van der Waals surface area contributed by atoms with Crippen molar-refractivity contribution < 1.29 is 0 Å². The summed E-state index contributed by atoms with van der Waals surface area (Å²) < 4.78 is 0. The molecule has 0 amide bonds. The lowest BCUT2D eigenvalue weighted by molar-refractivity contribution is 0.542. The summed E-state index contributed by atoms with van der Waals surface area (Å²) in [6.07, 6.45) is 3.28. The summed E-state index contributed by atoms with van der Waals surface area (Å²) in [5.74, 6) is 0. The first-order chi connectivity index (χ1) is 16.3. The zero-order valence-electron chi connectivity index (χ0n) is 20.8. The van der Waals surface area contributed by atoms with Gasteiger partial charge >= 0.3 is 0 Å². The van der Waals surface area contributed by atoms with E-state index in [1.54, 1.807) is 0 Å². The molecule has 0 aliphatic carbocycles. The van der Waals surface area contributed by atoms with Crippen molar-refractivity contribution in [2.45, 2.75) is 45.1 Å². The van der Waals surface area contributed by atoms with Gasteiger partial charge in [0.25, 0.3) is 0 Å². The first-order valence-electron chi connectivity index (χ1n) is 12.1. The highest BCUT2D eigenvalue weighted by molar-refractivity contribution is 5.82. The Hall–Kier alpha value is -3.58. The average Bonchev–Trinajstić information content (AvgIpc) is 2.85. The molecule has 0 aromatic heterocycles. The third-order valence-electron chi connectivity index (χ3n) is 6.54. The molecule has 4 rings (SSSR count). The van der Waals surface area contributed by atoms with Crippen molar-refractivity contribution in [3.8, 4) is 0 Å². The lowest BCUT2D eigenvalue weighted by Gasteiger charge is -2.30. The van der Waals surface area contributed by atoms with E-state index in [0.29, 0.717) is 0 Å². The fraction of sp³-hybridized carbons (Fsp3) is 0.212. The molecule has 1 heteroatoms. The van der Waals surface area contributed by atoms with Crippen LogP contribution in [0.1, 0.15) is 56.4 Å². The van der Waals surface area contributed by atoms with Gasteiger partial charge in [-0.15, -0.1) is 0 Å². The van der Waals surface area contributed by atoms with Gasteiger partial charge in [-0.3, -0.25) is 0 Å². The van der Waals surface area contributed by atoms with Crippen molar-refractivity contribution in [2.24, 2.45) is 0 Å². The summed E-state index contributed by atoms with van der Waals surface area (Å²) in [6, 6.07) is 40.9. The Morgan fingerprint density at radius 1 is 0.618 bits per heavy atom. The Labute approximate surface area is 205 Å². The molecule has 0 aliphatic rings. The maximum absolute atomic E-state index is 3.70. The summed E-state index contributed by atoms with van der Waals surface area (Å²) in [4.78, 5) is 0. The second kappa shape index (κ2) is 10.1. The van der Waals surface area contributed by atoms with Gasteiger partial charge < -0.3 is 5.32 Å². The molecule has 0 heterocycles. The quantitative estimate of drug-likeness (QED) is 0.267. The van der Waals surface area contributed by atoms with E-state index >= 15 is 0 Å². The van der Waals surface area contributed by atoms with Gasteiger partial charge in [-0.05, 0) is 65.6 Å². The third kappa shape index (κ3) is 5.85. The average molecular weight is 446 g/mol. The highest BCUT2D eigenvalue weighted by Crippen LogP contribution is 2.36. The van der Waals surface area contributed by atoms with E-state index in [-0.39, 0.29) is 11.0 Å². The van der Waals surface area contributed by atoms with Crippen molar-refractivity contribution in [1.29, 1.82) is 0 Å². The predicted octanol–water partition coefficient (Wildman–Crippen LogP) is 8.94. The first kappa shape index (κ1) is 23.6. The van der Waals surface area contributed by atoms with E-state index in [1.165, 1.54) is 27.8 Å². The van der Waals surface area contributed by atoms with E-state index in [0.717, 1.165) is 12.1 Å². The Kier molecular flexibility index (Phi) is 7.03. The molecule has 4 aromatic rings. The van der Waals surface area contributed by atoms with Crippen LogP contribution >= 0.6 is 0 Å². The first-order valence-corrected chi connectivity index (χ1v) is 12.1. The van der Waals surface area contributed by atoms with Gasteiger partial charge in [-0.1, -0.05) is 123 Å². The SMILES string of the molecule is CC(C)(C/C(=C/c1ccccc1)c1ccccc1)c1ccc(NC(C)(C)c2ccccc2)cc1. The fourth-order valence-electron chi connectivity index (χ4n) is 4.51. The monoisotopic (exact) mass is 445 g/mol. The van der Waals surface area contributed by atoms with Gasteiger partial charge in [0.1, 0.15) is 0 Å². The van der Waals surface area contributed by atoms with Gasteiger partial charge in [-0.25, -0.2) is 0 Å². The van der Waals surface area contributed by atoms with Crippen LogP contribution in [0, 0.1) is 0 Å². The Balaban J connectivity index is 1.56. The van der Waals surface area contributed by atoms with E-state index in [4.69, 9.17) is 0 Å². The maximum atomic E-state index is 3.70. The molecule has 0 aliphatic heterocycles.